The van der Waals surface area contributed by atoms with Gasteiger partial charge in [-0.15, -0.1) is 0 Å². The van der Waals surface area contributed by atoms with E-state index < -0.39 is 17.6 Å². The Morgan fingerprint density at radius 2 is 2.08 bits per heavy atom. The highest BCUT2D eigenvalue weighted by molar-refractivity contribution is 7.98. The second kappa shape index (κ2) is 9.01. The van der Waals surface area contributed by atoms with Crippen molar-refractivity contribution in [3.05, 3.63) is 35.9 Å². The lowest BCUT2D eigenvalue weighted by Gasteiger charge is -2.32. The van der Waals surface area contributed by atoms with Crippen molar-refractivity contribution in [1.82, 2.24) is 5.32 Å². The molecule has 7 heteroatoms. The number of rotatable bonds is 9. The van der Waals surface area contributed by atoms with Gasteiger partial charge in [-0.05, 0) is 12.0 Å². The van der Waals surface area contributed by atoms with Gasteiger partial charge in [0, 0.05) is 17.9 Å². The molecular weight excluding hydrogens is 340 g/mol. The Bertz CT molecular complexity index is 623. The first-order valence-electron chi connectivity index (χ1n) is 8.34. The maximum Gasteiger partial charge on any atom is 0.221 e. The largest absolute Gasteiger partial charge is 0.370 e. The number of ether oxygens (including phenoxy) is 1. The zero-order chi connectivity index (χ0) is 18.3. The van der Waals surface area contributed by atoms with E-state index in [0.29, 0.717) is 12.2 Å². The topological polar surface area (TPSA) is 98.5 Å². The number of primary amides is 1. The van der Waals surface area contributed by atoms with Crippen molar-refractivity contribution < 1.29 is 19.1 Å². The maximum absolute atomic E-state index is 12.3. The van der Waals surface area contributed by atoms with Crippen LogP contribution in [-0.2, 0) is 24.9 Å². The monoisotopic (exact) mass is 364 g/mol. The van der Waals surface area contributed by atoms with Gasteiger partial charge in [-0.25, -0.2) is 0 Å². The zero-order valence-electron chi connectivity index (χ0n) is 14.3. The molecule has 1 aromatic carbocycles. The molecule has 0 radical (unpaired) electrons. The molecule has 2 atom stereocenters. The van der Waals surface area contributed by atoms with Gasteiger partial charge in [0.15, 0.2) is 5.78 Å². The molecule has 0 saturated carbocycles. The predicted molar refractivity (Wildman–Crippen MR) is 96.9 cm³/mol. The second-order valence-electron chi connectivity index (χ2n) is 6.08. The summed E-state index contributed by atoms with van der Waals surface area (Å²) in [4.78, 5) is 36.0. The molecule has 0 aromatic heterocycles. The number of hydrogen-bond acceptors (Lipinski definition) is 5. The molecule has 2 rings (SSSR count). The summed E-state index contributed by atoms with van der Waals surface area (Å²) in [5.41, 5.74) is 5.18. The number of nitrogens with two attached hydrogens (primary N) is 1. The normalized spacial score (nSPS) is 22.8. The van der Waals surface area contributed by atoms with Gasteiger partial charge in [-0.3, -0.25) is 14.4 Å². The Morgan fingerprint density at radius 3 is 2.72 bits per heavy atom. The van der Waals surface area contributed by atoms with Gasteiger partial charge < -0.3 is 15.8 Å². The SMILES string of the molecule is CCC1OCC(=O)C1(CC(N)=O)NC(=O)CCSCc1ccccc1. The van der Waals surface area contributed by atoms with Crippen molar-refractivity contribution >= 4 is 29.4 Å². The van der Waals surface area contributed by atoms with Crippen molar-refractivity contribution in [3.63, 3.8) is 0 Å². The van der Waals surface area contributed by atoms with Crippen molar-refractivity contribution in [2.75, 3.05) is 12.4 Å². The molecule has 1 aliphatic heterocycles. The molecule has 1 saturated heterocycles. The van der Waals surface area contributed by atoms with Crippen LogP contribution >= 0.6 is 11.8 Å². The molecule has 25 heavy (non-hydrogen) atoms. The molecule has 2 amide bonds. The van der Waals surface area contributed by atoms with Gasteiger partial charge >= 0.3 is 0 Å². The summed E-state index contributed by atoms with van der Waals surface area (Å²) >= 11 is 1.64. The van der Waals surface area contributed by atoms with E-state index in [1.54, 1.807) is 11.8 Å². The molecule has 136 valence electrons. The van der Waals surface area contributed by atoms with E-state index in [2.05, 4.69) is 5.32 Å². The highest BCUT2D eigenvalue weighted by atomic mass is 32.2. The number of nitrogens with one attached hydrogen (secondary N) is 1. The van der Waals surface area contributed by atoms with Crippen LogP contribution < -0.4 is 11.1 Å². The molecule has 2 unspecified atom stereocenters. The van der Waals surface area contributed by atoms with E-state index in [9.17, 15) is 14.4 Å². The molecule has 1 fully saturated rings. The Kier molecular flexibility index (Phi) is 7.01. The van der Waals surface area contributed by atoms with Gasteiger partial charge in [-0.2, -0.15) is 11.8 Å². The Hall–Kier alpha value is -1.86. The molecule has 0 spiro atoms. The third-order valence-corrected chi connectivity index (χ3v) is 5.26. The van der Waals surface area contributed by atoms with Crippen LogP contribution in [0, 0.1) is 0 Å². The summed E-state index contributed by atoms with van der Waals surface area (Å²) in [7, 11) is 0. The number of Topliss-reactive ketones (excluding diaryl/α,β-unsaturated/α-hetero) is 1. The number of ketones is 1. The number of thioether (sulfide) groups is 1. The van der Waals surface area contributed by atoms with Crippen LogP contribution in [0.4, 0.5) is 0 Å². The van der Waals surface area contributed by atoms with Crippen LogP contribution in [0.25, 0.3) is 0 Å². The highest BCUT2D eigenvalue weighted by Crippen LogP contribution is 2.29. The van der Waals surface area contributed by atoms with Gasteiger partial charge in [0.25, 0.3) is 0 Å². The minimum atomic E-state index is -1.32. The molecule has 0 aliphatic carbocycles. The predicted octanol–water partition coefficient (Wildman–Crippen LogP) is 1.42. The lowest BCUT2D eigenvalue weighted by molar-refractivity contribution is -0.133. The zero-order valence-corrected chi connectivity index (χ0v) is 15.1. The van der Waals surface area contributed by atoms with E-state index >= 15 is 0 Å². The van der Waals surface area contributed by atoms with E-state index in [1.807, 2.05) is 37.3 Å². The summed E-state index contributed by atoms with van der Waals surface area (Å²) in [6.45, 7) is 1.75. The van der Waals surface area contributed by atoms with Crippen molar-refractivity contribution in [1.29, 1.82) is 0 Å². The van der Waals surface area contributed by atoms with Gasteiger partial charge in [0.05, 0.1) is 12.5 Å². The van der Waals surface area contributed by atoms with E-state index in [4.69, 9.17) is 10.5 Å². The van der Waals surface area contributed by atoms with Crippen LogP contribution in [0.15, 0.2) is 30.3 Å². The quantitative estimate of drug-likeness (QED) is 0.646. The fourth-order valence-electron chi connectivity index (χ4n) is 3.02. The van der Waals surface area contributed by atoms with Crippen molar-refractivity contribution in [2.45, 2.75) is 43.6 Å². The summed E-state index contributed by atoms with van der Waals surface area (Å²) in [5, 5.41) is 2.75. The molecule has 0 bridgehead atoms. The Morgan fingerprint density at radius 1 is 1.36 bits per heavy atom. The van der Waals surface area contributed by atoms with Crippen LogP contribution in [0.5, 0.6) is 0 Å². The van der Waals surface area contributed by atoms with Crippen LogP contribution in [0.2, 0.25) is 0 Å². The fourth-order valence-corrected chi connectivity index (χ4v) is 3.92. The van der Waals surface area contributed by atoms with Crippen molar-refractivity contribution in [2.24, 2.45) is 5.73 Å². The molecule has 1 aromatic rings. The lowest BCUT2D eigenvalue weighted by atomic mass is 9.84. The first kappa shape index (κ1) is 19.5. The van der Waals surface area contributed by atoms with Gasteiger partial charge in [0.1, 0.15) is 12.1 Å². The number of carbonyl (C=O) groups is 3. The summed E-state index contributed by atoms with van der Waals surface area (Å²) in [6, 6.07) is 9.99. The van der Waals surface area contributed by atoms with Crippen LogP contribution in [0.3, 0.4) is 0 Å². The number of benzene rings is 1. The molecular formula is C18H24N2O4S. The number of amides is 2. The highest BCUT2D eigenvalue weighted by Gasteiger charge is 2.52. The minimum Gasteiger partial charge on any atom is -0.370 e. The summed E-state index contributed by atoms with van der Waals surface area (Å²) in [5.74, 6) is 0.262. The summed E-state index contributed by atoms with van der Waals surface area (Å²) < 4.78 is 5.44. The first-order chi connectivity index (χ1) is 12.0. The average molecular weight is 364 g/mol. The summed E-state index contributed by atoms with van der Waals surface area (Å²) in [6.07, 6.45) is 0.0326. The average Bonchev–Trinajstić information content (AvgIpc) is 2.87. The molecule has 1 heterocycles. The number of hydrogen-bond donors (Lipinski definition) is 2. The van der Waals surface area contributed by atoms with Gasteiger partial charge in [-0.1, -0.05) is 37.3 Å². The maximum atomic E-state index is 12.3. The number of carbonyl (C=O) groups excluding carboxylic acids is 3. The van der Waals surface area contributed by atoms with E-state index in [-0.39, 0.29) is 31.1 Å². The Labute approximate surface area is 151 Å². The molecule has 6 nitrogen and oxygen atoms in total. The molecule has 1 aliphatic rings. The fraction of sp³-hybridized carbons (Fsp3) is 0.500. The minimum absolute atomic E-state index is 0.102. The molecule has 3 N–H and O–H groups in total. The van der Waals surface area contributed by atoms with Crippen LogP contribution in [0.1, 0.15) is 31.7 Å². The smallest absolute Gasteiger partial charge is 0.221 e. The van der Waals surface area contributed by atoms with Crippen LogP contribution in [-0.4, -0.2) is 41.6 Å². The first-order valence-corrected chi connectivity index (χ1v) is 9.49. The third-order valence-electron chi connectivity index (χ3n) is 4.23. The van der Waals surface area contributed by atoms with Gasteiger partial charge in [0.2, 0.25) is 11.8 Å². The second-order valence-corrected chi connectivity index (χ2v) is 7.19. The van der Waals surface area contributed by atoms with E-state index in [0.717, 1.165) is 5.75 Å². The standard InChI is InChI=1S/C18H24N2O4S/c1-2-15-18(10-16(19)22,14(21)11-24-15)20-17(23)8-9-25-12-13-6-4-3-5-7-13/h3-7,15H,2,8-12H2,1H3,(H2,19,22)(H,20,23). The Balaban J connectivity index is 1.89. The third kappa shape index (κ3) is 5.06. The van der Waals surface area contributed by atoms with Crippen molar-refractivity contribution in [3.8, 4) is 0 Å². The lowest BCUT2D eigenvalue weighted by Crippen LogP contribution is -2.60. The van der Waals surface area contributed by atoms with E-state index in [1.165, 1.54) is 5.56 Å².